The highest BCUT2D eigenvalue weighted by molar-refractivity contribution is 5.64. The lowest BCUT2D eigenvalue weighted by Gasteiger charge is -2.08. The summed E-state index contributed by atoms with van der Waals surface area (Å²) in [6.07, 6.45) is 1.80. The smallest absolute Gasteiger partial charge is 0.119 e. The molecular weight excluding hydrogens is 368 g/mol. The minimum absolute atomic E-state index is 0.684. The van der Waals surface area contributed by atoms with Crippen LogP contribution in [0.2, 0.25) is 0 Å². The molecule has 0 aliphatic heterocycles. The zero-order valence-electron chi connectivity index (χ0n) is 17.0. The van der Waals surface area contributed by atoms with Crippen molar-refractivity contribution in [3.63, 3.8) is 0 Å². The third-order valence-electron chi connectivity index (χ3n) is 5.05. The van der Waals surface area contributed by atoms with Crippen molar-refractivity contribution in [1.82, 2.24) is 0 Å². The average molecular weight is 395 g/mol. The Hall–Kier alpha value is -3.52. The summed E-state index contributed by atoms with van der Waals surface area (Å²) in [6, 6.07) is 37.4. The molecule has 0 atom stereocenters. The van der Waals surface area contributed by atoms with Crippen molar-refractivity contribution < 1.29 is 9.47 Å². The molecule has 0 aliphatic rings. The SMILES string of the molecule is c1ccc(OCCc2ccc(-c3ccc(CCOc4ccccc4)cc3)cc2)cc1. The first-order valence-electron chi connectivity index (χ1n) is 10.4. The second-order valence-corrected chi connectivity index (χ2v) is 7.22. The lowest BCUT2D eigenvalue weighted by molar-refractivity contribution is 0.322. The molecule has 0 spiro atoms. The van der Waals surface area contributed by atoms with E-state index in [0.717, 1.165) is 24.3 Å². The van der Waals surface area contributed by atoms with Gasteiger partial charge in [0.05, 0.1) is 13.2 Å². The molecule has 0 saturated heterocycles. The van der Waals surface area contributed by atoms with Gasteiger partial charge in [0.2, 0.25) is 0 Å². The Labute approximate surface area is 178 Å². The zero-order valence-corrected chi connectivity index (χ0v) is 17.0. The molecule has 2 nitrogen and oxygen atoms in total. The molecule has 0 radical (unpaired) electrons. The lowest BCUT2D eigenvalue weighted by Crippen LogP contribution is -2.01. The first-order valence-corrected chi connectivity index (χ1v) is 10.4. The molecule has 4 aromatic carbocycles. The van der Waals surface area contributed by atoms with Crippen LogP contribution in [0.5, 0.6) is 11.5 Å². The molecule has 4 rings (SSSR count). The molecule has 4 aromatic rings. The summed E-state index contributed by atoms with van der Waals surface area (Å²) in [5.41, 5.74) is 5.03. The minimum atomic E-state index is 0.684. The van der Waals surface area contributed by atoms with Crippen LogP contribution in [-0.2, 0) is 12.8 Å². The number of hydrogen-bond acceptors (Lipinski definition) is 2. The van der Waals surface area contributed by atoms with Crippen LogP contribution in [0, 0.1) is 0 Å². The molecule has 0 aromatic heterocycles. The molecule has 0 fully saturated rings. The van der Waals surface area contributed by atoms with Crippen molar-refractivity contribution in [2.24, 2.45) is 0 Å². The topological polar surface area (TPSA) is 18.5 Å². The fourth-order valence-corrected chi connectivity index (χ4v) is 3.33. The lowest BCUT2D eigenvalue weighted by atomic mass is 10.0. The standard InChI is InChI=1S/C28H26O2/c1-3-7-27(8-4-1)29-21-19-23-11-15-25(16-12-23)26-17-13-24(14-18-26)20-22-30-28-9-5-2-6-10-28/h1-18H,19-22H2. The van der Waals surface area contributed by atoms with E-state index in [1.165, 1.54) is 22.3 Å². The summed E-state index contributed by atoms with van der Waals surface area (Å²) in [5, 5.41) is 0. The Morgan fingerprint density at radius 2 is 0.767 bits per heavy atom. The molecule has 30 heavy (non-hydrogen) atoms. The third-order valence-corrected chi connectivity index (χ3v) is 5.05. The predicted molar refractivity (Wildman–Crippen MR) is 123 cm³/mol. The van der Waals surface area contributed by atoms with Crippen molar-refractivity contribution in [2.75, 3.05) is 13.2 Å². The van der Waals surface area contributed by atoms with E-state index in [2.05, 4.69) is 48.5 Å². The largest absolute Gasteiger partial charge is 0.493 e. The molecule has 0 heterocycles. The summed E-state index contributed by atoms with van der Waals surface area (Å²) in [7, 11) is 0. The number of ether oxygens (including phenoxy) is 2. The summed E-state index contributed by atoms with van der Waals surface area (Å²) in [5.74, 6) is 1.84. The van der Waals surface area contributed by atoms with Crippen molar-refractivity contribution in [1.29, 1.82) is 0 Å². The van der Waals surface area contributed by atoms with Gasteiger partial charge in [-0.1, -0.05) is 84.9 Å². The van der Waals surface area contributed by atoms with E-state index in [4.69, 9.17) is 9.47 Å². The average Bonchev–Trinajstić information content (AvgIpc) is 2.82. The quantitative estimate of drug-likeness (QED) is 0.318. The van der Waals surface area contributed by atoms with Gasteiger partial charge in [-0.2, -0.15) is 0 Å². The van der Waals surface area contributed by atoms with Crippen molar-refractivity contribution in [2.45, 2.75) is 12.8 Å². The molecule has 2 heteroatoms. The molecular formula is C28H26O2. The molecule has 0 aliphatic carbocycles. The van der Waals surface area contributed by atoms with Crippen LogP contribution in [0.15, 0.2) is 109 Å². The van der Waals surface area contributed by atoms with Crippen LogP contribution < -0.4 is 9.47 Å². The van der Waals surface area contributed by atoms with E-state index in [9.17, 15) is 0 Å². The molecule has 0 amide bonds. The Morgan fingerprint density at radius 3 is 1.13 bits per heavy atom. The summed E-state index contributed by atoms with van der Waals surface area (Å²) in [6.45, 7) is 1.37. The first kappa shape index (κ1) is 19.8. The maximum Gasteiger partial charge on any atom is 0.119 e. The predicted octanol–water partition coefficient (Wildman–Crippen LogP) is 6.60. The maximum absolute atomic E-state index is 5.79. The van der Waals surface area contributed by atoms with Gasteiger partial charge in [0.1, 0.15) is 11.5 Å². The van der Waals surface area contributed by atoms with Crippen LogP contribution in [0.25, 0.3) is 11.1 Å². The van der Waals surface area contributed by atoms with E-state index in [1.54, 1.807) is 0 Å². The van der Waals surface area contributed by atoms with Crippen LogP contribution >= 0.6 is 0 Å². The number of benzene rings is 4. The van der Waals surface area contributed by atoms with Gasteiger partial charge in [-0.15, -0.1) is 0 Å². The summed E-state index contributed by atoms with van der Waals surface area (Å²) in [4.78, 5) is 0. The Morgan fingerprint density at radius 1 is 0.400 bits per heavy atom. The van der Waals surface area contributed by atoms with Gasteiger partial charge >= 0.3 is 0 Å². The molecule has 0 bridgehead atoms. The van der Waals surface area contributed by atoms with Crippen LogP contribution in [-0.4, -0.2) is 13.2 Å². The van der Waals surface area contributed by atoms with Gasteiger partial charge in [-0.3, -0.25) is 0 Å². The first-order chi connectivity index (χ1) is 14.9. The van der Waals surface area contributed by atoms with E-state index >= 15 is 0 Å². The van der Waals surface area contributed by atoms with E-state index < -0.39 is 0 Å². The highest BCUT2D eigenvalue weighted by Gasteiger charge is 2.01. The molecule has 0 unspecified atom stereocenters. The number of para-hydroxylation sites is 2. The normalized spacial score (nSPS) is 10.5. The zero-order chi connectivity index (χ0) is 20.4. The minimum Gasteiger partial charge on any atom is -0.493 e. The highest BCUT2D eigenvalue weighted by Crippen LogP contribution is 2.21. The van der Waals surface area contributed by atoms with Gasteiger partial charge in [-0.05, 0) is 46.5 Å². The monoisotopic (exact) mass is 394 g/mol. The number of rotatable bonds is 9. The van der Waals surface area contributed by atoms with Gasteiger partial charge < -0.3 is 9.47 Å². The summed E-state index contributed by atoms with van der Waals surface area (Å²) < 4.78 is 11.6. The van der Waals surface area contributed by atoms with Gasteiger partial charge in [0.25, 0.3) is 0 Å². The van der Waals surface area contributed by atoms with Crippen molar-refractivity contribution in [3.05, 3.63) is 120 Å². The van der Waals surface area contributed by atoms with Crippen LogP contribution in [0.1, 0.15) is 11.1 Å². The Kier molecular flexibility index (Phi) is 6.80. The van der Waals surface area contributed by atoms with Gasteiger partial charge in [0, 0.05) is 12.8 Å². The molecule has 150 valence electrons. The van der Waals surface area contributed by atoms with Crippen LogP contribution in [0.3, 0.4) is 0 Å². The van der Waals surface area contributed by atoms with Crippen molar-refractivity contribution in [3.8, 4) is 22.6 Å². The highest BCUT2D eigenvalue weighted by atomic mass is 16.5. The Balaban J connectivity index is 1.26. The second kappa shape index (κ2) is 10.3. The van der Waals surface area contributed by atoms with Gasteiger partial charge in [0.15, 0.2) is 0 Å². The van der Waals surface area contributed by atoms with Gasteiger partial charge in [-0.25, -0.2) is 0 Å². The number of hydrogen-bond donors (Lipinski definition) is 0. The van der Waals surface area contributed by atoms with E-state index in [-0.39, 0.29) is 0 Å². The summed E-state index contributed by atoms with van der Waals surface area (Å²) >= 11 is 0. The van der Waals surface area contributed by atoms with E-state index in [1.807, 2.05) is 60.7 Å². The van der Waals surface area contributed by atoms with Crippen molar-refractivity contribution >= 4 is 0 Å². The fourth-order valence-electron chi connectivity index (χ4n) is 3.33. The van der Waals surface area contributed by atoms with Crippen LogP contribution in [0.4, 0.5) is 0 Å². The Bertz CT molecular complexity index is 921. The molecule has 0 saturated carbocycles. The fraction of sp³-hybridized carbons (Fsp3) is 0.143. The van der Waals surface area contributed by atoms with E-state index in [0.29, 0.717) is 13.2 Å². The third kappa shape index (κ3) is 5.74. The maximum atomic E-state index is 5.79. The molecule has 0 N–H and O–H groups in total. The second-order valence-electron chi connectivity index (χ2n) is 7.22.